The van der Waals surface area contributed by atoms with Gasteiger partial charge in [0, 0.05) is 112 Å². The van der Waals surface area contributed by atoms with Gasteiger partial charge in [0.1, 0.15) is 16.9 Å². The minimum Gasteiger partial charge on any atom is -0.479 e. The maximum atomic E-state index is 12.9. The number of ether oxygens (including phenoxy) is 5. The summed E-state index contributed by atoms with van der Waals surface area (Å²) in [5.74, 6) is -1.93. The van der Waals surface area contributed by atoms with Crippen LogP contribution < -0.4 is 0 Å². The number of rotatable bonds is 14. The van der Waals surface area contributed by atoms with Crippen molar-refractivity contribution in [1.82, 2.24) is 29.1 Å². The first kappa shape index (κ1) is 70.3. The molecule has 0 spiro atoms. The highest BCUT2D eigenvalue weighted by Gasteiger charge is 2.37. The fourth-order valence-electron chi connectivity index (χ4n) is 11.7. The Kier molecular flexibility index (Phi) is 21.7. The van der Waals surface area contributed by atoms with Crippen LogP contribution in [0.2, 0.25) is 15.1 Å². The quantitative estimate of drug-likeness (QED) is 0.0985. The topological polar surface area (TPSA) is 182 Å². The summed E-state index contributed by atoms with van der Waals surface area (Å²) in [7, 11) is 2.75. The van der Waals surface area contributed by atoms with Crippen LogP contribution >= 0.6 is 34.8 Å². The number of aromatic amines is 1. The summed E-state index contributed by atoms with van der Waals surface area (Å²) >= 11 is 18.4. The SMILES string of the molecule is CCn1c(C)c(C)c2c(-c3ccc(Cl)cc3)c(C(OC(C)(C)C)C(=O)O)c(C)nc21.CCn1c(C)c(C)c2c(-c3ccc(Cl)cc3)c(C(OC(C)(C)C)C(=O)OC)c(C)nc21.COC(=O)C(OC(C)(C)C)c1c(C)nc2[nH]c(C)c(C)c2c1-c1ccc(Cl)cc1. The Balaban J connectivity index is 0.000000192. The summed E-state index contributed by atoms with van der Waals surface area (Å²) in [5, 5.41) is 15.0. The van der Waals surface area contributed by atoms with Gasteiger partial charge in [0.25, 0.3) is 0 Å². The summed E-state index contributed by atoms with van der Waals surface area (Å²) in [6.07, 6.45) is -2.95. The van der Waals surface area contributed by atoms with Crippen molar-refractivity contribution in [1.29, 1.82) is 0 Å². The number of fused-ring (bicyclic) bond motifs is 3. The van der Waals surface area contributed by atoms with Crippen molar-refractivity contribution < 1.29 is 43.2 Å². The lowest BCUT2D eigenvalue weighted by Gasteiger charge is -2.28. The number of aromatic nitrogens is 6. The van der Waals surface area contributed by atoms with Gasteiger partial charge in [0.15, 0.2) is 18.3 Å². The molecule has 3 aromatic carbocycles. The monoisotopic (exact) mass is 1280 g/mol. The number of carboxylic acids is 1. The molecule has 18 heteroatoms. The number of carboxylic acid groups (broad SMARTS) is 1. The maximum Gasteiger partial charge on any atom is 0.339 e. The molecule has 9 rings (SSSR count). The fraction of sp³-hybridized carbons (Fsp3) is 0.417. The van der Waals surface area contributed by atoms with E-state index in [0.29, 0.717) is 37.6 Å². The molecule has 0 bridgehead atoms. The third-order valence-electron chi connectivity index (χ3n) is 15.9. The van der Waals surface area contributed by atoms with Crippen molar-refractivity contribution in [3.05, 3.63) is 155 Å². The van der Waals surface area contributed by atoms with Crippen LogP contribution in [0.5, 0.6) is 0 Å². The van der Waals surface area contributed by atoms with E-state index in [4.69, 9.17) is 73.4 Å². The van der Waals surface area contributed by atoms with Crippen LogP contribution in [0.3, 0.4) is 0 Å². The van der Waals surface area contributed by atoms with Gasteiger partial charge in [0.2, 0.25) is 0 Å². The van der Waals surface area contributed by atoms with E-state index in [1.165, 1.54) is 14.2 Å². The van der Waals surface area contributed by atoms with Crippen LogP contribution in [0, 0.1) is 62.3 Å². The Morgan fingerprint density at radius 3 is 1.08 bits per heavy atom. The molecule has 0 radical (unpaired) electrons. The zero-order valence-electron chi connectivity index (χ0n) is 56.2. The van der Waals surface area contributed by atoms with Crippen LogP contribution in [0.4, 0.5) is 0 Å². The molecule has 15 nitrogen and oxygen atoms in total. The first-order valence-electron chi connectivity index (χ1n) is 30.2. The highest BCUT2D eigenvalue weighted by molar-refractivity contribution is 6.31. The Hall–Kier alpha value is -7.11. The predicted molar refractivity (Wildman–Crippen MR) is 363 cm³/mol. The average Bonchev–Trinajstić information content (AvgIpc) is 1.52. The molecule has 3 atom stereocenters. The summed E-state index contributed by atoms with van der Waals surface area (Å²) in [6, 6.07) is 22.8. The smallest absolute Gasteiger partial charge is 0.339 e. The average molecular weight is 1290 g/mol. The highest BCUT2D eigenvalue weighted by Crippen LogP contribution is 2.46. The summed E-state index contributed by atoms with van der Waals surface area (Å²) in [6.45, 7) is 40.9. The van der Waals surface area contributed by atoms with Gasteiger partial charge in [0.05, 0.1) is 31.0 Å². The van der Waals surface area contributed by atoms with Crippen molar-refractivity contribution in [2.45, 2.75) is 187 Å². The number of halogens is 3. The molecule has 3 unspecified atom stereocenters. The van der Waals surface area contributed by atoms with Crippen molar-refractivity contribution in [3.8, 4) is 33.4 Å². The number of hydrogen-bond donors (Lipinski definition) is 2. The number of carbonyl (C=O) groups excluding carboxylic acids is 2. The summed E-state index contributed by atoms with van der Waals surface area (Å²) < 4.78 is 33.1. The normalized spacial score (nSPS) is 13.0. The zero-order valence-corrected chi connectivity index (χ0v) is 58.4. The van der Waals surface area contributed by atoms with Gasteiger partial charge in [-0.25, -0.2) is 29.3 Å². The van der Waals surface area contributed by atoms with Crippen LogP contribution in [0.15, 0.2) is 72.8 Å². The number of esters is 2. The van der Waals surface area contributed by atoms with Gasteiger partial charge >= 0.3 is 17.9 Å². The second kappa shape index (κ2) is 27.8. The van der Waals surface area contributed by atoms with Gasteiger partial charge in [-0.1, -0.05) is 71.2 Å². The lowest BCUT2D eigenvalue weighted by molar-refractivity contribution is -0.164. The largest absolute Gasteiger partial charge is 0.479 e. The number of hydrogen-bond acceptors (Lipinski definition) is 11. The number of carbonyl (C=O) groups is 3. The van der Waals surface area contributed by atoms with E-state index in [2.05, 4.69) is 55.7 Å². The van der Waals surface area contributed by atoms with Crippen LogP contribution in [-0.2, 0) is 51.2 Å². The number of methoxy groups -OCH3 is 2. The van der Waals surface area contributed by atoms with Gasteiger partial charge in [-0.2, -0.15) is 0 Å². The molecular weight excluding hydrogens is 1200 g/mol. The molecule has 0 saturated carbocycles. The summed E-state index contributed by atoms with van der Waals surface area (Å²) in [5.41, 5.74) is 17.0. The Bertz CT molecular complexity index is 4140. The molecule has 0 aliphatic heterocycles. The molecule has 0 aliphatic rings. The van der Waals surface area contributed by atoms with E-state index in [1.54, 1.807) is 0 Å². The molecule has 90 heavy (non-hydrogen) atoms. The lowest BCUT2D eigenvalue weighted by atomic mass is 9.91. The zero-order chi connectivity index (χ0) is 67.0. The Morgan fingerprint density at radius 2 is 0.778 bits per heavy atom. The number of benzene rings is 3. The van der Waals surface area contributed by atoms with Crippen molar-refractivity contribution in [3.63, 3.8) is 0 Å². The van der Waals surface area contributed by atoms with Gasteiger partial charge in [-0.3, -0.25) is 0 Å². The van der Waals surface area contributed by atoms with Crippen molar-refractivity contribution in [2.75, 3.05) is 14.2 Å². The van der Waals surface area contributed by atoms with Gasteiger partial charge in [-0.15, -0.1) is 0 Å². The number of pyridine rings is 3. The van der Waals surface area contributed by atoms with E-state index < -0.39 is 53.0 Å². The van der Waals surface area contributed by atoms with Gasteiger partial charge in [-0.05, 0) is 208 Å². The van der Waals surface area contributed by atoms with E-state index in [0.717, 1.165) is 125 Å². The first-order chi connectivity index (χ1) is 42.0. The molecule has 0 amide bonds. The lowest BCUT2D eigenvalue weighted by Crippen LogP contribution is -2.29. The molecule has 6 aromatic heterocycles. The molecule has 480 valence electrons. The Labute approximate surface area is 544 Å². The minimum absolute atomic E-state index is 0.446. The molecule has 2 N–H and O–H groups in total. The predicted octanol–water partition coefficient (Wildman–Crippen LogP) is 18.4. The van der Waals surface area contributed by atoms with Crippen molar-refractivity contribution in [2.24, 2.45) is 0 Å². The molecule has 0 saturated heterocycles. The second-order valence-corrected chi connectivity index (χ2v) is 26.9. The number of aliphatic carboxylic acids is 1. The van der Waals surface area contributed by atoms with E-state index in [1.807, 2.05) is 170 Å². The molecule has 9 aromatic rings. The van der Waals surface area contributed by atoms with E-state index >= 15 is 0 Å². The number of nitrogens with zero attached hydrogens (tertiary/aromatic N) is 5. The summed E-state index contributed by atoms with van der Waals surface area (Å²) in [4.78, 5) is 56.0. The van der Waals surface area contributed by atoms with Crippen LogP contribution in [-0.4, -0.2) is 83.1 Å². The van der Waals surface area contributed by atoms with E-state index in [9.17, 15) is 19.5 Å². The third-order valence-corrected chi connectivity index (χ3v) is 16.7. The number of H-pyrrole nitrogens is 1. The maximum absolute atomic E-state index is 12.9. The molecule has 0 fully saturated rings. The van der Waals surface area contributed by atoms with Crippen LogP contribution in [0.25, 0.3) is 66.5 Å². The highest BCUT2D eigenvalue weighted by atomic mass is 35.5. The third kappa shape index (κ3) is 14.9. The fourth-order valence-corrected chi connectivity index (χ4v) is 12.0. The number of nitrogens with one attached hydrogen (secondary N) is 1. The van der Waals surface area contributed by atoms with Crippen LogP contribution in [0.1, 0.15) is 162 Å². The minimum atomic E-state index is -1.14. The molecule has 6 heterocycles. The standard InChI is InChI=1S/C25H31ClN2O3.C24H29ClN2O3.C23H27ClN2O3/c1-9-28-16(4)14(2)19-21(17-10-12-18(26)13-11-17)20(15(3)27-23(19)28)22(24(29)30-8)31-25(5,6)7;1-8-27-15(4)13(2)18-20(16-9-11-17(25)12-10-16)19(14(3)26-22(18)27)21(23(28)29)30-24(5,6)7;1-12-13(2)25-21-17(12)19(15-8-10-16(24)11-9-15)18(14(3)26-21)20(22(27)28-7)29-23(4,5)6/h10-13,22H,9H2,1-8H3;9-12,21H,8H2,1-7H3,(H,28,29);8-11,20H,1-7H3,(H,25,26). The molecular formula is C72H87Cl3N6O9. The van der Waals surface area contributed by atoms with Gasteiger partial charge < -0.3 is 42.9 Å². The van der Waals surface area contributed by atoms with E-state index in [-0.39, 0.29) is 0 Å². The Morgan fingerprint density at radius 1 is 0.478 bits per heavy atom. The van der Waals surface area contributed by atoms with Crippen molar-refractivity contribution >= 4 is 85.8 Å². The second-order valence-electron chi connectivity index (χ2n) is 25.6. The molecule has 0 aliphatic carbocycles. The first-order valence-corrected chi connectivity index (χ1v) is 31.3. The number of aryl methyl sites for hydroxylation is 9.